The van der Waals surface area contributed by atoms with Gasteiger partial charge in [0.2, 0.25) is 10.0 Å². The lowest BCUT2D eigenvalue weighted by molar-refractivity contribution is 0.412. The summed E-state index contributed by atoms with van der Waals surface area (Å²) in [6.07, 6.45) is 0. The maximum atomic E-state index is 12.4. The van der Waals surface area contributed by atoms with Gasteiger partial charge < -0.3 is 4.74 Å². The van der Waals surface area contributed by atoms with Gasteiger partial charge in [-0.25, -0.2) is 13.1 Å². The van der Waals surface area contributed by atoms with E-state index in [4.69, 9.17) is 16.3 Å². The van der Waals surface area contributed by atoms with Crippen LogP contribution in [-0.2, 0) is 10.0 Å². The molecular weight excluding hydrogens is 390 g/mol. The van der Waals surface area contributed by atoms with Crippen LogP contribution < -0.4 is 9.46 Å². The molecule has 7 heteroatoms. The van der Waals surface area contributed by atoms with Crippen LogP contribution in [0.2, 0.25) is 5.02 Å². The molecule has 2 aromatic rings. The molecule has 0 heterocycles. The largest absolute Gasteiger partial charge is 0.496 e. The molecule has 1 N–H and O–H groups in total. The molecule has 118 valence electrons. The summed E-state index contributed by atoms with van der Waals surface area (Å²) in [5.74, 6) is 0.689. The first-order valence-corrected chi connectivity index (χ1v) is 9.10. The Morgan fingerprint density at radius 3 is 2.55 bits per heavy atom. The highest BCUT2D eigenvalue weighted by atomic mass is 79.9. The molecule has 0 aliphatic heterocycles. The van der Waals surface area contributed by atoms with Crippen LogP contribution in [0.25, 0.3) is 0 Å². The molecular formula is C15H15BrClNO3S. The minimum atomic E-state index is -3.64. The van der Waals surface area contributed by atoms with Crippen LogP contribution in [0.5, 0.6) is 5.75 Å². The zero-order chi connectivity index (χ0) is 16.3. The Kier molecular flexibility index (Phi) is 5.50. The maximum Gasteiger partial charge on any atom is 0.241 e. The molecule has 4 nitrogen and oxygen atoms in total. The minimum absolute atomic E-state index is 0.138. The van der Waals surface area contributed by atoms with Crippen LogP contribution in [0, 0.1) is 0 Å². The third kappa shape index (κ3) is 4.01. The van der Waals surface area contributed by atoms with E-state index < -0.39 is 16.1 Å². The van der Waals surface area contributed by atoms with Crippen LogP contribution in [0.15, 0.2) is 51.8 Å². The van der Waals surface area contributed by atoms with Gasteiger partial charge in [-0.2, -0.15) is 0 Å². The van der Waals surface area contributed by atoms with Crippen LogP contribution in [0.1, 0.15) is 18.5 Å². The van der Waals surface area contributed by atoms with Crippen molar-refractivity contribution in [2.45, 2.75) is 17.9 Å². The van der Waals surface area contributed by atoms with Crippen molar-refractivity contribution in [2.24, 2.45) is 0 Å². The van der Waals surface area contributed by atoms with Gasteiger partial charge in [0.1, 0.15) is 5.75 Å². The molecule has 1 atom stereocenters. The number of hydrogen-bond acceptors (Lipinski definition) is 3. The molecule has 0 spiro atoms. The van der Waals surface area contributed by atoms with E-state index >= 15 is 0 Å². The average molecular weight is 405 g/mol. The summed E-state index contributed by atoms with van der Waals surface area (Å²) in [6, 6.07) is 11.2. The van der Waals surface area contributed by atoms with E-state index in [1.165, 1.54) is 12.1 Å². The number of halogens is 2. The highest BCUT2D eigenvalue weighted by molar-refractivity contribution is 9.10. The van der Waals surface area contributed by atoms with Gasteiger partial charge in [0.25, 0.3) is 0 Å². The predicted molar refractivity (Wildman–Crippen MR) is 90.9 cm³/mol. The fraction of sp³-hybridized carbons (Fsp3) is 0.200. The van der Waals surface area contributed by atoms with Gasteiger partial charge in [-0.3, -0.25) is 0 Å². The monoisotopic (exact) mass is 403 g/mol. The number of methoxy groups -OCH3 is 1. The second kappa shape index (κ2) is 7.00. The molecule has 0 radical (unpaired) electrons. The Morgan fingerprint density at radius 1 is 1.23 bits per heavy atom. The van der Waals surface area contributed by atoms with Crippen molar-refractivity contribution in [2.75, 3.05) is 7.11 Å². The molecule has 0 amide bonds. The van der Waals surface area contributed by atoms with Gasteiger partial charge in [-0.05, 0) is 58.7 Å². The fourth-order valence-corrected chi connectivity index (χ4v) is 4.05. The summed E-state index contributed by atoms with van der Waals surface area (Å²) >= 11 is 9.24. The highest BCUT2D eigenvalue weighted by Gasteiger charge is 2.19. The van der Waals surface area contributed by atoms with Crippen LogP contribution in [0.4, 0.5) is 0 Å². The first kappa shape index (κ1) is 17.3. The number of sulfonamides is 1. The van der Waals surface area contributed by atoms with Crippen molar-refractivity contribution < 1.29 is 13.2 Å². The number of nitrogens with one attached hydrogen (secondary N) is 1. The molecule has 0 saturated carbocycles. The lowest BCUT2D eigenvalue weighted by atomic mass is 10.1. The van der Waals surface area contributed by atoms with Gasteiger partial charge in [0, 0.05) is 11.1 Å². The van der Waals surface area contributed by atoms with Crippen molar-refractivity contribution in [3.8, 4) is 5.75 Å². The smallest absolute Gasteiger partial charge is 0.241 e. The summed E-state index contributed by atoms with van der Waals surface area (Å²) in [4.78, 5) is 0.138. The Labute approximate surface area is 143 Å². The Bertz CT molecular complexity index is 780. The van der Waals surface area contributed by atoms with E-state index in [9.17, 15) is 8.42 Å². The summed E-state index contributed by atoms with van der Waals surface area (Å²) in [5.41, 5.74) is 0.818. The normalized spacial score (nSPS) is 12.9. The van der Waals surface area contributed by atoms with Gasteiger partial charge in [0.15, 0.2) is 0 Å². The Balaban J connectivity index is 2.24. The molecule has 0 aliphatic carbocycles. The van der Waals surface area contributed by atoms with Crippen LogP contribution >= 0.6 is 27.5 Å². The third-order valence-corrected chi connectivity index (χ3v) is 5.51. The molecule has 0 fully saturated rings. The second-order valence-electron chi connectivity index (χ2n) is 4.69. The number of benzene rings is 2. The van der Waals surface area contributed by atoms with E-state index in [0.717, 1.165) is 10.0 Å². The molecule has 2 aromatic carbocycles. The van der Waals surface area contributed by atoms with Gasteiger partial charge in [-0.1, -0.05) is 23.7 Å². The Morgan fingerprint density at radius 2 is 1.95 bits per heavy atom. The van der Waals surface area contributed by atoms with Crippen molar-refractivity contribution in [3.05, 3.63) is 57.5 Å². The zero-order valence-electron chi connectivity index (χ0n) is 12.0. The number of ether oxygens (including phenoxy) is 1. The lowest BCUT2D eigenvalue weighted by Gasteiger charge is -2.16. The van der Waals surface area contributed by atoms with Crippen molar-refractivity contribution in [3.63, 3.8) is 0 Å². The van der Waals surface area contributed by atoms with Crippen LogP contribution in [0.3, 0.4) is 0 Å². The summed E-state index contributed by atoms with van der Waals surface area (Å²) in [6.45, 7) is 1.77. The zero-order valence-corrected chi connectivity index (χ0v) is 15.2. The summed E-state index contributed by atoms with van der Waals surface area (Å²) in [5, 5.41) is 0.378. The molecule has 22 heavy (non-hydrogen) atoms. The molecule has 0 aromatic heterocycles. The fourth-order valence-electron chi connectivity index (χ4n) is 1.95. The van der Waals surface area contributed by atoms with Crippen LogP contribution in [-0.4, -0.2) is 15.5 Å². The molecule has 0 aliphatic rings. The summed E-state index contributed by atoms with van der Waals surface area (Å²) < 4.78 is 33.3. The average Bonchev–Trinajstić information content (AvgIpc) is 2.46. The van der Waals surface area contributed by atoms with E-state index in [1.54, 1.807) is 32.2 Å². The first-order chi connectivity index (χ1) is 10.3. The minimum Gasteiger partial charge on any atom is -0.496 e. The second-order valence-corrected chi connectivity index (χ2v) is 7.70. The van der Waals surface area contributed by atoms with E-state index in [0.29, 0.717) is 10.8 Å². The molecule has 0 bridgehead atoms. The van der Waals surface area contributed by atoms with Crippen molar-refractivity contribution in [1.82, 2.24) is 4.72 Å². The van der Waals surface area contributed by atoms with E-state index in [2.05, 4.69) is 20.7 Å². The van der Waals surface area contributed by atoms with E-state index in [-0.39, 0.29) is 4.90 Å². The van der Waals surface area contributed by atoms with Gasteiger partial charge >= 0.3 is 0 Å². The lowest BCUT2D eigenvalue weighted by Crippen LogP contribution is -2.26. The Hall–Kier alpha value is -1.08. The topological polar surface area (TPSA) is 55.4 Å². The highest BCUT2D eigenvalue weighted by Crippen LogP contribution is 2.28. The molecule has 1 unspecified atom stereocenters. The van der Waals surface area contributed by atoms with Crippen molar-refractivity contribution >= 4 is 37.6 Å². The maximum absolute atomic E-state index is 12.4. The van der Waals surface area contributed by atoms with E-state index in [1.807, 2.05) is 12.1 Å². The standard InChI is InChI=1S/C15H15BrClNO3S/c1-10(11-6-7-15(21-2)14(16)8-11)18-22(19,20)13-5-3-4-12(17)9-13/h3-10,18H,1-2H3. The third-order valence-electron chi connectivity index (χ3n) is 3.11. The predicted octanol–water partition coefficient (Wildman–Crippen LogP) is 4.15. The number of rotatable bonds is 5. The van der Waals surface area contributed by atoms with Crippen molar-refractivity contribution in [1.29, 1.82) is 0 Å². The summed E-state index contributed by atoms with van der Waals surface area (Å²) in [7, 11) is -2.07. The van der Waals surface area contributed by atoms with Gasteiger partial charge in [0.05, 0.1) is 16.5 Å². The number of hydrogen-bond donors (Lipinski definition) is 1. The SMILES string of the molecule is COc1ccc(C(C)NS(=O)(=O)c2cccc(Cl)c2)cc1Br. The molecule has 2 rings (SSSR count). The first-order valence-electron chi connectivity index (χ1n) is 6.45. The molecule has 0 saturated heterocycles. The quantitative estimate of drug-likeness (QED) is 0.814. The van der Waals surface area contributed by atoms with Gasteiger partial charge in [-0.15, -0.1) is 0 Å².